The molecule has 4 N–H and O–H groups in total. The van der Waals surface area contributed by atoms with Crippen LogP contribution in [-0.4, -0.2) is 21.9 Å². The fourth-order valence-corrected chi connectivity index (χ4v) is 1.17. The summed E-state index contributed by atoms with van der Waals surface area (Å²) in [5.41, 5.74) is 4.68. The molecule has 0 bridgehead atoms. The summed E-state index contributed by atoms with van der Waals surface area (Å²) >= 11 is 0. The van der Waals surface area contributed by atoms with Crippen molar-refractivity contribution in [2.75, 3.05) is 0 Å². The van der Waals surface area contributed by atoms with E-state index in [2.05, 4.69) is 0 Å². The van der Waals surface area contributed by atoms with Gasteiger partial charge in [-0.25, -0.2) is 4.79 Å². The van der Waals surface area contributed by atoms with Crippen molar-refractivity contribution in [3.8, 4) is 0 Å². The Balaban J connectivity index is 2.89. The molecule has 0 aliphatic carbocycles. The molecule has 0 aromatic heterocycles. The molecule has 1 atom stereocenters. The molecule has 0 unspecified atom stereocenters. The van der Waals surface area contributed by atoms with E-state index in [1.54, 1.807) is 12.1 Å². The van der Waals surface area contributed by atoms with Crippen LogP contribution in [0.25, 0.3) is 0 Å². The third-order valence-corrected chi connectivity index (χ3v) is 2.09. The number of rotatable bonds is 3. The van der Waals surface area contributed by atoms with Gasteiger partial charge < -0.3 is 10.2 Å². The number of carbonyl (C=O) groups is 1. The molecule has 0 aliphatic rings. The Kier molecular flexibility index (Phi) is 2.88. The van der Waals surface area contributed by atoms with E-state index >= 15 is 0 Å². The fraction of sp³-hybridized carbons (Fsp3) is 0.300. The Morgan fingerprint density at radius 3 is 2.57 bits per heavy atom. The van der Waals surface area contributed by atoms with E-state index in [0.29, 0.717) is 0 Å². The summed E-state index contributed by atoms with van der Waals surface area (Å²) < 4.78 is 0. The highest BCUT2D eigenvalue weighted by molar-refractivity contribution is 5.76. The molecule has 0 fully saturated rings. The van der Waals surface area contributed by atoms with Gasteiger partial charge in [0.2, 0.25) is 5.72 Å². The lowest BCUT2D eigenvalue weighted by Gasteiger charge is -2.18. The average molecular weight is 195 g/mol. The van der Waals surface area contributed by atoms with Crippen molar-refractivity contribution in [1.29, 1.82) is 0 Å². The molecule has 0 amide bonds. The summed E-state index contributed by atoms with van der Waals surface area (Å²) in [6.45, 7) is 1.84. The number of benzene rings is 1. The molecule has 0 saturated carbocycles. The van der Waals surface area contributed by atoms with E-state index in [4.69, 9.17) is 10.8 Å². The van der Waals surface area contributed by atoms with Crippen LogP contribution in [0, 0.1) is 6.92 Å². The molecule has 0 saturated heterocycles. The van der Waals surface area contributed by atoms with Gasteiger partial charge in [0.1, 0.15) is 0 Å². The van der Waals surface area contributed by atoms with Crippen LogP contribution < -0.4 is 5.73 Å². The molecule has 4 heteroatoms. The Morgan fingerprint density at radius 2 is 2.07 bits per heavy atom. The van der Waals surface area contributed by atoms with E-state index in [9.17, 15) is 9.90 Å². The highest BCUT2D eigenvalue weighted by atomic mass is 16.4. The summed E-state index contributed by atoms with van der Waals surface area (Å²) in [5.74, 6) is -1.42. The van der Waals surface area contributed by atoms with Crippen molar-refractivity contribution in [3.63, 3.8) is 0 Å². The number of carboxylic acids is 1. The number of hydrogen-bond donors (Lipinski definition) is 3. The van der Waals surface area contributed by atoms with Gasteiger partial charge in [0.15, 0.2) is 0 Å². The smallest absolute Gasteiger partial charge is 0.351 e. The molecule has 76 valence electrons. The first-order valence-electron chi connectivity index (χ1n) is 4.22. The standard InChI is InChI=1S/C10H13NO3/c1-7-4-2-3-5-8(7)6-10(11,14)9(12)13/h2-5,14H,6,11H2,1H3,(H,12,13)/t10-/m0/s1. The Labute approximate surface area is 82.0 Å². The Morgan fingerprint density at radius 1 is 1.50 bits per heavy atom. The first kappa shape index (κ1) is 10.7. The van der Waals surface area contributed by atoms with Crippen molar-refractivity contribution in [2.45, 2.75) is 19.1 Å². The number of aliphatic hydroxyl groups is 1. The van der Waals surface area contributed by atoms with E-state index in [-0.39, 0.29) is 6.42 Å². The highest BCUT2D eigenvalue weighted by Gasteiger charge is 2.31. The minimum Gasteiger partial charge on any atom is -0.478 e. The SMILES string of the molecule is Cc1ccccc1C[C@](N)(O)C(=O)O. The molecule has 1 rings (SSSR count). The van der Waals surface area contributed by atoms with Gasteiger partial charge in [-0.1, -0.05) is 24.3 Å². The van der Waals surface area contributed by atoms with Crippen molar-refractivity contribution >= 4 is 5.97 Å². The number of carboxylic acid groups (broad SMARTS) is 1. The quantitative estimate of drug-likeness (QED) is 0.604. The fourth-order valence-electron chi connectivity index (χ4n) is 1.17. The molecule has 0 spiro atoms. The Hall–Kier alpha value is -1.39. The van der Waals surface area contributed by atoms with E-state index in [1.807, 2.05) is 19.1 Å². The number of aliphatic carboxylic acids is 1. The predicted molar refractivity (Wildman–Crippen MR) is 51.7 cm³/mol. The van der Waals surface area contributed by atoms with Gasteiger partial charge in [0.05, 0.1) is 0 Å². The third-order valence-electron chi connectivity index (χ3n) is 2.09. The summed E-state index contributed by atoms with van der Waals surface area (Å²) in [5, 5.41) is 18.0. The first-order chi connectivity index (χ1) is 6.43. The largest absolute Gasteiger partial charge is 0.478 e. The Bertz CT molecular complexity index is 347. The van der Waals surface area contributed by atoms with Crippen LogP contribution in [0.2, 0.25) is 0 Å². The highest BCUT2D eigenvalue weighted by Crippen LogP contribution is 2.13. The van der Waals surface area contributed by atoms with Gasteiger partial charge in [0.25, 0.3) is 0 Å². The average Bonchev–Trinajstić information content (AvgIpc) is 2.08. The van der Waals surface area contributed by atoms with Crippen molar-refractivity contribution in [1.82, 2.24) is 0 Å². The van der Waals surface area contributed by atoms with Gasteiger partial charge in [-0.05, 0) is 18.1 Å². The molecule has 1 aromatic rings. The molecule has 0 heterocycles. The molecular formula is C10H13NO3. The van der Waals surface area contributed by atoms with Crippen LogP contribution in [0.4, 0.5) is 0 Å². The second-order valence-electron chi connectivity index (χ2n) is 3.33. The molecule has 4 nitrogen and oxygen atoms in total. The number of nitrogens with two attached hydrogens (primary N) is 1. The number of aryl methyl sites for hydroxylation is 1. The third kappa shape index (κ3) is 2.31. The lowest BCUT2D eigenvalue weighted by molar-refractivity contribution is -0.157. The van der Waals surface area contributed by atoms with Crippen LogP contribution in [0.3, 0.4) is 0 Å². The lowest BCUT2D eigenvalue weighted by atomic mass is 9.99. The first-order valence-corrected chi connectivity index (χ1v) is 4.22. The maximum absolute atomic E-state index is 10.6. The van der Waals surface area contributed by atoms with Gasteiger partial charge in [-0.15, -0.1) is 0 Å². The topological polar surface area (TPSA) is 83.5 Å². The second kappa shape index (κ2) is 3.77. The van der Waals surface area contributed by atoms with Crippen molar-refractivity contribution in [2.24, 2.45) is 5.73 Å². The lowest BCUT2D eigenvalue weighted by Crippen LogP contribution is -2.49. The van der Waals surface area contributed by atoms with Gasteiger partial charge in [0, 0.05) is 6.42 Å². The molecule has 14 heavy (non-hydrogen) atoms. The second-order valence-corrected chi connectivity index (χ2v) is 3.33. The normalized spacial score (nSPS) is 14.8. The summed E-state index contributed by atoms with van der Waals surface area (Å²) in [6, 6.07) is 7.21. The van der Waals surface area contributed by atoms with Gasteiger partial charge >= 0.3 is 5.97 Å². The minimum atomic E-state index is -2.19. The van der Waals surface area contributed by atoms with E-state index in [1.165, 1.54) is 0 Å². The molecular weight excluding hydrogens is 182 g/mol. The maximum atomic E-state index is 10.6. The number of hydrogen-bond acceptors (Lipinski definition) is 3. The van der Waals surface area contributed by atoms with Crippen LogP contribution in [-0.2, 0) is 11.2 Å². The molecule has 0 aliphatic heterocycles. The molecule has 0 radical (unpaired) electrons. The zero-order valence-electron chi connectivity index (χ0n) is 7.90. The van der Waals surface area contributed by atoms with Crippen LogP contribution in [0.1, 0.15) is 11.1 Å². The predicted octanol–water partition coefficient (Wildman–Crippen LogP) is 0.269. The van der Waals surface area contributed by atoms with Gasteiger partial charge in [-0.2, -0.15) is 0 Å². The zero-order valence-corrected chi connectivity index (χ0v) is 7.90. The zero-order chi connectivity index (χ0) is 10.8. The van der Waals surface area contributed by atoms with Crippen molar-refractivity contribution < 1.29 is 15.0 Å². The summed E-state index contributed by atoms with van der Waals surface area (Å²) in [4.78, 5) is 10.6. The molecule has 1 aromatic carbocycles. The van der Waals surface area contributed by atoms with Crippen LogP contribution >= 0.6 is 0 Å². The van der Waals surface area contributed by atoms with Crippen LogP contribution in [0.5, 0.6) is 0 Å². The maximum Gasteiger partial charge on any atom is 0.351 e. The van der Waals surface area contributed by atoms with E-state index in [0.717, 1.165) is 11.1 Å². The van der Waals surface area contributed by atoms with Crippen LogP contribution in [0.15, 0.2) is 24.3 Å². The monoisotopic (exact) mass is 195 g/mol. The van der Waals surface area contributed by atoms with Gasteiger partial charge in [-0.3, -0.25) is 5.73 Å². The summed E-state index contributed by atoms with van der Waals surface area (Å²) in [6.07, 6.45) is -0.0883. The van der Waals surface area contributed by atoms with Crippen molar-refractivity contribution in [3.05, 3.63) is 35.4 Å². The summed E-state index contributed by atoms with van der Waals surface area (Å²) in [7, 11) is 0. The van der Waals surface area contributed by atoms with E-state index < -0.39 is 11.7 Å². The minimum absolute atomic E-state index is 0.0883.